The van der Waals surface area contributed by atoms with E-state index in [1.165, 1.54) is 19.1 Å². The van der Waals surface area contributed by atoms with Gasteiger partial charge < -0.3 is 15.8 Å². The summed E-state index contributed by atoms with van der Waals surface area (Å²) >= 11 is 0. The van der Waals surface area contributed by atoms with Gasteiger partial charge in [-0.2, -0.15) is 0 Å². The summed E-state index contributed by atoms with van der Waals surface area (Å²) in [7, 11) is 0. The molecule has 4 atom stereocenters. The molecular formula is C18H25N3O5. The molecule has 0 spiro atoms. The highest BCUT2D eigenvalue weighted by Gasteiger charge is 2.30. The van der Waals surface area contributed by atoms with Gasteiger partial charge in [0.2, 0.25) is 0 Å². The second kappa shape index (κ2) is 8.16. The molecule has 0 saturated heterocycles. The van der Waals surface area contributed by atoms with Gasteiger partial charge in [-0.1, -0.05) is 26.7 Å². The van der Waals surface area contributed by atoms with Crippen LogP contribution < -0.4 is 11.1 Å². The van der Waals surface area contributed by atoms with E-state index in [0.29, 0.717) is 11.8 Å². The number of hydrogen-bond acceptors (Lipinski definition) is 6. The third kappa shape index (κ3) is 4.50. The molecule has 0 aliphatic heterocycles. The van der Waals surface area contributed by atoms with Crippen LogP contribution in [0.5, 0.6) is 0 Å². The van der Waals surface area contributed by atoms with E-state index in [9.17, 15) is 19.7 Å². The van der Waals surface area contributed by atoms with E-state index in [2.05, 4.69) is 19.2 Å². The summed E-state index contributed by atoms with van der Waals surface area (Å²) in [4.78, 5) is 34.8. The summed E-state index contributed by atoms with van der Waals surface area (Å²) in [5, 5.41) is 13.9. The van der Waals surface area contributed by atoms with Crippen molar-refractivity contribution in [2.45, 2.75) is 52.2 Å². The van der Waals surface area contributed by atoms with E-state index < -0.39 is 17.0 Å². The summed E-state index contributed by atoms with van der Waals surface area (Å²) in [5.74, 6) is -0.285. The number of esters is 1. The molecule has 1 amide bonds. The molecule has 2 rings (SSSR count). The Hall–Kier alpha value is -2.64. The molecule has 1 aromatic carbocycles. The maximum absolute atomic E-state index is 12.3. The van der Waals surface area contributed by atoms with E-state index in [1.54, 1.807) is 0 Å². The Labute approximate surface area is 152 Å². The standard InChI is InChI=1S/C18H25N3O5/c1-10-5-4-6-15(11(10)2)20-17(22)12(3)26-18(23)13-7-8-14(19)16(9-13)21(24)25/h7-12,15H,4-6,19H2,1-3H3,(H,20,22). The van der Waals surface area contributed by atoms with Crippen LogP contribution in [0.15, 0.2) is 18.2 Å². The summed E-state index contributed by atoms with van der Waals surface area (Å²) in [6, 6.07) is 3.71. The van der Waals surface area contributed by atoms with E-state index >= 15 is 0 Å². The first-order chi connectivity index (χ1) is 12.2. The number of ether oxygens (including phenoxy) is 1. The zero-order valence-electron chi connectivity index (χ0n) is 15.2. The van der Waals surface area contributed by atoms with Crippen LogP contribution >= 0.6 is 0 Å². The lowest BCUT2D eigenvalue weighted by Crippen LogP contribution is -2.47. The number of nitrogen functional groups attached to an aromatic ring is 1. The lowest BCUT2D eigenvalue weighted by Gasteiger charge is -2.35. The SMILES string of the molecule is CC(OC(=O)c1ccc(N)c([N+](=O)[O-])c1)C(=O)NC1CCCC(C)C1C. The van der Waals surface area contributed by atoms with Crippen molar-refractivity contribution in [2.75, 3.05) is 5.73 Å². The molecule has 3 N–H and O–H groups in total. The monoisotopic (exact) mass is 363 g/mol. The predicted octanol–water partition coefficient (Wildman–Crippen LogP) is 2.66. The summed E-state index contributed by atoms with van der Waals surface area (Å²) in [6.45, 7) is 5.76. The third-order valence-electron chi connectivity index (χ3n) is 5.15. The predicted molar refractivity (Wildman–Crippen MR) is 96.5 cm³/mol. The van der Waals surface area contributed by atoms with Crippen LogP contribution in [0.3, 0.4) is 0 Å². The zero-order valence-corrected chi connectivity index (χ0v) is 15.2. The Morgan fingerprint density at radius 3 is 2.69 bits per heavy atom. The van der Waals surface area contributed by atoms with E-state index in [1.807, 2.05) is 0 Å². The van der Waals surface area contributed by atoms with Crippen LogP contribution in [-0.4, -0.2) is 28.9 Å². The lowest BCUT2D eigenvalue weighted by molar-refractivity contribution is -0.383. The molecule has 0 radical (unpaired) electrons. The van der Waals surface area contributed by atoms with Gasteiger partial charge in [-0.15, -0.1) is 0 Å². The van der Waals surface area contributed by atoms with E-state index in [4.69, 9.17) is 10.5 Å². The number of rotatable bonds is 5. The maximum Gasteiger partial charge on any atom is 0.339 e. The molecule has 8 nitrogen and oxygen atoms in total. The second-order valence-corrected chi connectivity index (χ2v) is 6.96. The van der Waals surface area contributed by atoms with Crippen molar-refractivity contribution in [3.63, 3.8) is 0 Å². The van der Waals surface area contributed by atoms with Crippen molar-refractivity contribution in [1.29, 1.82) is 0 Å². The smallest absolute Gasteiger partial charge is 0.339 e. The molecule has 1 aliphatic carbocycles. The Morgan fingerprint density at radius 1 is 1.35 bits per heavy atom. The molecule has 26 heavy (non-hydrogen) atoms. The van der Waals surface area contributed by atoms with Crippen LogP contribution in [0.4, 0.5) is 11.4 Å². The molecule has 0 aromatic heterocycles. The molecule has 1 aromatic rings. The summed E-state index contributed by atoms with van der Waals surface area (Å²) < 4.78 is 5.16. The quantitative estimate of drug-likeness (QED) is 0.359. The molecule has 142 valence electrons. The zero-order chi connectivity index (χ0) is 19.4. The molecule has 0 bridgehead atoms. The van der Waals surface area contributed by atoms with Gasteiger partial charge in [0.15, 0.2) is 6.10 Å². The minimum atomic E-state index is -0.997. The Morgan fingerprint density at radius 2 is 2.04 bits per heavy atom. The molecule has 1 fully saturated rings. The molecule has 0 heterocycles. The number of carbonyl (C=O) groups is 2. The van der Waals surface area contributed by atoms with Gasteiger partial charge in [-0.25, -0.2) is 4.79 Å². The molecule has 4 unspecified atom stereocenters. The van der Waals surface area contributed by atoms with Crippen LogP contribution in [0.25, 0.3) is 0 Å². The second-order valence-electron chi connectivity index (χ2n) is 6.96. The van der Waals surface area contributed by atoms with Crippen molar-refractivity contribution in [1.82, 2.24) is 5.32 Å². The first kappa shape index (κ1) is 19.7. The number of nitrogens with two attached hydrogens (primary N) is 1. The average Bonchev–Trinajstić information content (AvgIpc) is 2.58. The van der Waals surface area contributed by atoms with Gasteiger partial charge in [0.1, 0.15) is 5.69 Å². The summed E-state index contributed by atoms with van der Waals surface area (Å²) in [6.07, 6.45) is 2.11. The number of benzene rings is 1. The largest absolute Gasteiger partial charge is 0.449 e. The summed E-state index contributed by atoms with van der Waals surface area (Å²) in [5.41, 5.74) is 5.07. The normalized spacial score (nSPS) is 23.7. The maximum atomic E-state index is 12.3. The van der Waals surface area contributed by atoms with Crippen molar-refractivity contribution < 1.29 is 19.2 Å². The first-order valence-corrected chi connectivity index (χ1v) is 8.76. The van der Waals surface area contributed by atoms with Crippen molar-refractivity contribution >= 4 is 23.3 Å². The van der Waals surface area contributed by atoms with Gasteiger partial charge in [0.05, 0.1) is 10.5 Å². The van der Waals surface area contributed by atoms with Crippen molar-refractivity contribution in [3.05, 3.63) is 33.9 Å². The van der Waals surface area contributed by atoms with Crippen LogP contribution in [0, 0.1) is 22.0 Å². The number of amides is 1. The van der Waals surface area contributed by atoms with Crippen LogP contribution in [0.2, 0.25) is 0 Å². The van der Waals surface area contributed by atoms with E-state index in [-0.39, 0.29) is 28.9 Å². The number of hydrogen-bond donors (Lipinski definition) is 2. The fraction of sp³-hybridized carbons (Fsp3) is 0.556. The van der Waals surface area contributed by atoms with Crippen LogP contribution in [0.1, 0.15) is 50.4 Å². The highest BCUT2D eigenvalue weighted by molar-refractivity contribution is 5.93. The number of nitro groups is 1. The first-order valence-electron chi connectivity index (χ1n) is 8.76. The van der Waals surface area contributed by atoms with E-state index in [0.717, 1.165) is 25.3 Å². The van der Waals surface area contributed by atoms with Crippen LogP contribution in [-0.2, 0) is 9.53 Å². The molecule has 1 aliphatic rings. The lowest BCUT2D eigenvalue weighted by atomic mass is 9.78. The highest BCUT2D eigenvalue weighted by Crippen LogP contribution is 2.29. The van der Waals surface area contributed by atoms with Gasteiger partial charge in [0.25, 0.3) is 11.6 Å². The number of nitro benzene ring substituents is 1. The van der Waals surface area contributed by atoms with Gasteiger partial charge >= 0.3 is 5.97 Å². The Kier molecular flexibility index (Phi) is 6.18. The van der Waals surface area contributed by atoms with Crippen molar-refractivity contribution in [3.8, 4) is 0 Å². The third-order valence-corrected chi connectivity index (χ3v) is 5.15. The Bertz CT molecular complexity index is 706. The van der Waals surface area contributed by atoms with Gasteiger partial charge in [-0.05, 0) is 37.3 Å². The highest BCUT2D eigenvalue weighted by atomic mass is 16.6. The molecular weight excluding hydrogens is 338 g/mol. The number of nitrogens with zero attached hydrogens (tertiary/aromatic N) is 1. The molecule has 8 heteroatoms. The Balaban J connectivity index is 1.99. The minimum Gasteiger partial charge on any atom is -0.449 e. The number of nitrogens with one attached hydrogen (secondary N) is 1. The fourth-order valence-electron chi connectivity index (χ4n) is 3.20. The van der Waals surface area contributed by atoms with Gasteiger partial charge in [-0.3, -0.25) is 14.9 Å². The number of carbonyl (C=O) groups excluding carboxylic acids is 2. The number of anilines is 1. The average molecular weight is 363 g/mol. The molecule has 1 saturated carbocycles. The minimum absolute atomic E-state index is 0.0230. The topological polar surface area (TPSA) is 125 Å². The fourth-order valence-corrected chi connectivity index (χ4v) is 3.20. The van der Waals surface area contributed by atoms with Crippen molar-refractivity contribution in [2.24, 2.45) is 11.8 Å². The van der Waals surface area contributed by atoms with Gasteiger partial charge in [0, 0.05) is 12.1 Å².